The van der Waals surface area contributed by atoms with Crippen molar-refractivity contribution in [1.29, 1.82) is 0 Å². The van der Waals surface area contributed by atoms with Gasteiger partial charge in [0.15, 0.2) is 0 Å². The third-order valence-electron chi connectivity index (χ3n) is 5.44. The maximum absolute atomic E-state index is 13.9. The Morgan fingerprint density at radius 3 is 2.50 bits per heavy atom. The summed E-state index contributed by atoms with van der Waals surface area (Å²) in [5, 5.41) is 9.46. The highest BCUT2D eigenvalue weighted by Crippen LogP contribution is 2.19. The average Bonchev–Trinajstić information content (AvgIpc) is 3.31. The van der Waals surface area contributed by atoms with Crippen molar-refractivity contribution in [1.82, 2.24) is 29.4 Å². The fourth-order valence-corrected chi connectivity index (χ4v) is 3.78. The van der Waals surface area contributed by atoms with Gasteiger partial charge in [0.1, 0.15) is 18.2 Å². The van der Waals surface area contributed by atoms with E-state index >= 15 is 0 Å². The second-order valence-corrected chi connectivity index (χ2v) is 7.90. The summed E-state index contributed by atoms with van der Waals surface area (Å²) < 4.78 is 17.3. The lowest BCUT2D eigenvalue weighted by molar-refractivity contribution is 0.0620. The van der Waals surface area contributed by atoms with E-state index in [0.717, 1.165) is 11.4 Å². The van der Waals surface area contributed by atoms with Gasteiger partial charge in [0.25, 0.3) is 5.91 Å². The molecule has 7 nitrogen and oxygen atoms in total. The van der Waals surface area contributed by atoms with Crippen LogP contribution in [0.5, 0.6) is 0 Å². The van der Waals surface area contributed by atoms with E-state index in [4.69, 9.17) is 11.6 Å². The lowest BCUT2D eigenvalue weighted by Crippen LogP contribution is -2.48. The Labute approximate surface area is 179 Å². The van der Waals surface area contributed by atoms with Crippen LogP contribution in [0.3, 0.4) is 0 Å². The third kappa shape index (κ3) is 4.24. The summed E-state index contributed by atoms with van der Waals surface area (Å²) in [4.78, 5) is 16.8. The molecule has 1 aromatic carbocycles. The molecule has 0 spiro atoms. The van der Waals surface area contributed by atoms with E-state index in [1.807, 2.05) is 19.9 Å². The molecule has 1 fully saturated rings. The number of benzene rings is 1. The standard InChI is InChI=1S/C21H24ClFN6O/c1-15-20(22)16(2)29(24-15)14-28-8-7-19(25-28)21(30)27-11-9-26(10-12-27)13-17-5-3-4-6-18(17)23/h3-8H,9-14H2,1-2H3. The average molecular weight is 431 g/mol. The van der Waals surface area contributed by atoms with Crippen molar-refractivity contribution in [3.05, 3.63) is 70.0 Å². The van der Waals surface area contributed by atoms with Crippen LogP contribution in [0, 0.1) is 19.7 Å². The van der Waals surface area contributed by atoms with E-state index in [2.05, 4.69) is 15.1 Å². The van der Waals surface area contributed by atoms with Crippen molar-refractivity contribution in [3.63, 3.8) is 0 Å². The van der Waals surface area contributed by atoms with Crippen molar-refractivity contribution in [2.24, 2.45) is 0 Å². The molecule has 0 radical (unpaired) electrons. The van der Waals surface area contributed by atoms with Crippen LogP contribution in [0.25, 0.3) is 0 Å². The molecule has 1 amide bonds. The van der Waals surface area contributed by atoms with Gasteiger partial charge in [-0.1, -0.05) is 29.8 Å². The predicted octanol–water partition coefficient (Wildman–Crippen LogP) is 2.95. The SMILES string of the molecule is Cc1nn(Cn2ccc(C(=O)N3CCN(Cc4ccccc4F)CC3)n2)c(C)c1Cl. The zero-order valence-electron chi connectivity index (χ0n) is 17.1. The Bertz CT molecular complexity index is 1050. The molecule has 3 heterocycles. The number of hydrogen-bond donors (Lipinski definition) is 0. The van der Waals surface area contributed by atoms with Crippen LogP contribution in [-0.2, 0) is 13.2 Å². The second kappa shape index (κ2) is 8.57. The van der Waals surface area contributed by atoms with Crippen LogP contribution >= 0.6 is 11.6 Å². The minimum absolute atomic E-state index is 0.0920. The van der Waals surface area contributed by atoms with E-state index in [-0.39, 0.29) is 11.7 Å². The molecule has 1 aliphatic rings. The van der Waals surface area contributed by atoms with Crippen LogP contribution in [0.4, 0.5) is 4.39 Å². The van der Waals surface area contributed by atoms with E-state index < -0.39 is 0 Å². The molecule has 0 bridgehead atoms. The number of rotatable bonds is 5. The summed E-state index contributed by atoms with van der Waals surface area (Å²) in [5.41, 5.74) is 2.72. The Kier molecular flexibility index (Phi) is 5.87. The second-order valence-electron chi connectivity index (χ2n) is 7.53. The van der Waals surface area contributed by atoms with Gasteiger partial charge in [-0.05, 0) is 26.0 Å². The number of nitrogens with zero attached hydrogens (tertiary/aromatic N) is 6. The molecular formula is C21H24ClFN6O. The van der Waals surface area contributed by atoms with E-state index in [1.165, 1.54) is 6.07 Å². The molecule has 0 aliphatic carbocycles. The van der Waals surface area contributed by atoms with Crippen LogP contribution in [0.15, 0.2) is 36.5 Å². The number of hydrogen-bond acceptors (Lipinski definition) is 4. The Morgan fingerprint density at radius 2 is 1.83 bits per heavy atom. The van der Waals surface area contributed by atoms with Gasteiger partial charge in [0.05, 0.1) is 16.4 Å². The maximum atomic E-state index is 13.9. The van der Waals surface area contributed by atoms with Gasteiger partial charge in [-0.25, -0.2) is 9.07 Å². The molecular weight excluding hydrogens is 407 g/mol. The number of carbonyl (C=O) groups is 1. The molecule has 30 heavy (non-hydrogen) atoms. The Morgan fingerprint density at radius 1 is 1.10 bits per heavy atom. The van der Waals surface area contributed by atoms with Gasteiger partial charge in [-0.2, -0.15) is 10.2 Å². The van der Waals surface area contributed by atoms with Crippen LogP contribution in [0.1, 0.15) is 27.4 Å². The molecule has 158 valence electrons. The fraction of sp³-hybridized carbons (Fsp3) is 0.381. The molecule has 2 aromatic heterocycles. The molecule has 0 unspecified atom stereocenters. The minimum atomic E-state index is -0.189. The van der Waals surface area contributed by atoms with Gasteiger partial charge in [0, 0.05) is 44.5 Å². The van der Waals surface area contributed by atoms with Gasteiger partial charge < -0.3 is 4.90 Å². The summed E-state index contributed by atoms with van der Waals surface area (Å²) in [6.45, 7) is 7.28. The number of piperazine rings is 1. The third-order valence-corrected chi connectivity index (χ3v) is 5.99. The van der Waals surface area contributed by atoms with Crippen molar-refractivity contribution in [3.8, 4) is 0 Å². The summed E-state index contributed by atoms with van der Waals surface area (Å²) in [6, 6.07) is 8.54. The van der Waals surface area contributed by atoms with E-state index in [9.17, 15) is 9.18 Å². The number of halogens is 2. The van der Waals surface area contributed by atoms with Crippen molar-refractivity contribution >= 4 is 17.5 Å². The molecule has 4 rings (SSSR count). The first kappa shape index (κ1) is 20.6. The van der Waals surface area contributed by atoms with Gasteiger partial charge >= 0.3 is 0 Å². The zero-order chi connectivity index (χ0) is 21.3. The van der Waals surface area contributed by atoms with Crippen molar-refractivity contribution < 1.29 is 9.18 Å². The van der Waals surface area contributed by atoms with Crippen LogP contribution in [-0.4, -0.2) is 61.4 Å². The molecule has 0 atom stereocenters. The molecule has 1 aliphatic heterocycles. The summed E-state index contributed by atoms with van der Waals surface area (Å²) in [5.74, 6) is -0.281. The lowest BCUT2D eigenvalue weighted by atomic mass is 10.2. The quantitative estimate of drug-likeness (QED) is 0.624. The normalized spacial score (nSPS) is 15.0. The Hall–Kier alpha value is -2.71. The first-order chi connectivity index (χ1) is 14.4. The van der Waals surface area contributed by atoms with Crippen LogP contribution < -0.4 is 0 Å². The van der Waals surface area contributed by atoms with Crippen molar-refractivity contribution in [2.75, 3.05) is 26.2 Å². The lowest BCUT2D eigenvalue weighted by Gasteiger charge is -2.34. The van der Waals surface area contributed by atoms with E-state index in [1.54, 1.807) is 38.7 Å². The zero-order valence-corrected chi connectivity index (χ0v) is 17.8. The summed E-state index contributed by atoms with van der Waals surface area (Å²) in [7, 11) is 0. The van der Waals surface area contributed by atoms with Gasteiger partial charge in [0.2, 0.25) is 0 Å². The fourth-order valence-electron chi connectivity index (χ4n) is 3.64. The highest BCUT2D eigenvalue weighted by atomic mass is 35.5. The van der Waals surface area contributed by atoms with Crippen molar-refractivity contribution in [2.45, 2.75) is 27.1 Å². The van der Waals surface area contributed by atoms with Gasteiger partial charge in [-0.3, -0.25) is 14.4 Å². The first-order valence-electron chi connectivity index (χ1n) is 9.90. The predicted molar refractivity (Wildman–Crippen MR) is 112 cm³/mol. The number of aromatic nitrogens is 4. The smallest absolute Gasteiger partial charge is 0.274 e. The molecule has 1 saturated heterocycles. The molecule has 0 saturated carbocycles. The molecule has 3 aromatic rings. The number of carbonyl (C=O) groups excluding carboxylic acids is 1. The maximum Gasteiger partial charge on any atom is 0.274 e. The highest BCUT2D eigenvalue weighted by Gasteiger charge is 2.24. The van der Waals surface area contributed by atoms with Crippen LogP contribution in [0.2, 0.25) is 5.02 Å². The highest BCUT2D eigenvalue weighted by molar-refractivity contribution is 6.31. The molecule has 0 N–H and O–H groups in total. The number of amides is 1. The topological polar surface area (TPSA) is 59.2 Å². The Balaban J connectivity index is 1.34. The van der Waals surface area contributed by atoms with E-state index in [0.29, 0.717) is 55.7 Å². The number of aryl methyl sites for hydroxylation is 1. The summed E-state index contributed by atoms with van der Waals surface area (Å²) in [6.07, 6.45) is 1.77. The van der Waals surface area contributed by atoms with Gasteiger partial charge in [-0.15, -0.1) is 0 Å². The molecule has 9 heteroatoms. The largest absolute Gasteiger partial charge is 0.335 e. The monoisotopic (exact) mass is 430 g/mol. The summed E-state index contributed by atoms with van der Waals surface area (Å²) >= 11 is 6.19. The first-order valence-corrected chi connectivity index (χ1v) is 10.3. The minimum Gasteiger partial charge on any atom is -0.335 e.